The SMILES string of the molecule is CC(C)(C)OC(=O)N1CCCC(COC2CC2c2ccccc2)CC1. The van der Waals surface area contributed by atoms with Gasteiger partial charge in [-0.3, -0.25) is 0 Å². The summed E-state index contributed by atoms with van der Waals surface area (Å²) in [7, 11) is 0. The molecular weight excluding hydrogens is 314 g/mol. The van der Waals surface area contributed by atoms with Crippen LogP contribution in [0, 0.1) is 5.92 Å². The topological polar surface area (TPSA) is 38.8 Å². The van der Waals surface area contributed by atoms with E-state index in [0.29, 0.717) is 17.9 Å². The van der Waals surface area contributed by atoms with Crippen LogP contribution in [0.25, 0.3) is 0 Å². The second-order valence-electron chi connectivity index (χ2n) is 8.39. The van der Waals surface area contributed by atoms with E-state index in [1.807, 2.05) is 25.7 Å². The first-order valence-electron chi connectivity index (χ1n) is 9.57. The van der Waals surface area contributed by atoms with E-state index in [9.17, 15) is 4.79 Å². The summed E-state index contributed by atoms with van der Waals surface area (Å²) < 4.78 is 11.7. The number of ether oxygens (including phenoxy) is 2. The van der Waals surface area contributed by atoms with Gasteiger partial charge in [0.1, 0.15) is 5.60 Å². The van der Waals surface area contributed by atoms with Crippen LogP contribution in [0.2, 0.25) is 0 Å². The molecule has 2 aliphatic rings. The molecule has 3 rings (SSSR count). The first kappa shape index (κ1) is 18.2. The lowest BCUT2D eigenvalue weighted by atomic mass is 10.0. The maximum absolute atomic E-state index is 12.2. The third kappa shape index (κ3) is 5.46. The van der Waals surface area contributed by atoms with Crippen LogP contribution in [0.4, 0.5) is 4.79 Å². The summed E-state index contributed by atoms with van der Waals surface area (Å²) in [5.41, 5.74) is 0.967. The van der Waals surface area contributed by atoms with Crippen molar-refractivity contribution in [3.05, 3.63) is 35.9 Å². The molecule has 0 N–H and O–H groups in total. The van der Waals surface area contributed by atoms with E-state index in [2.05, 4.69) is 30.3 Å². The van der Waals surface area contributed by atoms with Gasteiger partial charge in [0.05, 0.1) is 6.10 Å². The molecule has 4 nitrogen and oxygen atoms in total. The number of carbonyl (C=O) groups excluding carboxylic acids is 1. The highest BCUT2D eigenvalue weighted by molar-refractivity contribution is 5.68. The van der Waals surface area contributed by atoms with Crippen LogP contribution < -0.4 is 0 Å². The Balaban J connectivity index is 1.40. The van der Waals surface area contributed by atoms with Gasteiger partial charge in [-0.2, -0.15) is 0 Å². The summed E-state index contributed by atoms with van der Waals surface area (Å²) in [4.78, 5) is 14.1. The molecule has 4 heteroatoms. The van der Waals surface area contributed by atoms with Crippen molar-refractivity contribution in [2.24, 2.45) is 5.92 Å². The molecule has 1 saturated carbocycles. The fourth-order valence-electron chi connectivity index (χ4n) is 3.51. The van der Waals surface area contributed by atoms with Gasteiger partial charge in [-0.1, -0.05) is 30.3 Å². The molecule has 0 spiro atoms. The summed E-state index contributed by atoms with van der Waals surface area (Å²) in [5, 5.41) is 0. The lowest BCUT2D eigenvalue weighted by molar-refractivity contribution is 0.0248. The molecule has 25 heavy (non-hydrogen) atoms. The summed E-state index contributed by atoms with van der Waals surface area (Å²) in [6.45, 7) is 8.13. The average Bonchev–Trinajstić information content (AvgIpc) is 3.35. The van der Waals surface area contributed by atoms with Crippen molar-refractivity contribution < 1.29 is 14.3 Å². The molecule has 0 radical (unpaired) electrons. The first-order chi connectivity index (χ1) is 11.9. The first-order valence-corrected chi connectivity index (χ1v) is 9.57. The Kier molecular flexibility index (Phi) is 5.67. The van der Waals surface area contributed by atoms with Gasteiger partial charge >= 0.3 is 6.09 Å². The van der Waals surface area contributed by atoms with Gasteiger partial charge in [0, 0.05) is 25.6 Å². The number of benzene rings is 1. The van der Waals surface area contributed by atoms with Crippen LogP contribution in [-0.2, 0) is 9.47 Å². The van der Waals surface area contributed by atoms with E-state index in [1.54, 1.807) is 0 Å². The van der Waals surface area contributed by atoms with Gasteiger partial charge in [-0.25, -0.2) is 4.79 Å². The minimum absolute atomic E-state index is 0.180. The Labute approximate surface area is 151 Å². The molecule has 1 heterocycles. The third-order valence-electron chi connectivity index (χ3n) is 5.00. The van der Waals surface area contributed by atoms with Gasteiger partial charge in [0.15, 0.2) is 0 Å². The summed E-state index contributed by atoms with van der Waals surface area (Å²) in [5.74, 6) is 1.12. The summed E-state index contributed by atoms with van der Waals surface area (Å²) in [6, 6.07) is 10.6. The largest absolute Gasteiger partial charge is 0.444 e. The quantitative estimate of drug-likeness (QED) is 0.801. The normalized spacial score (nSPS) is 26.8. The molecule has 1 aliphatic carbocycles. The Bertz CT molecular complexity index is 566. The van der Waals surface area contributed by atoms with Gasteiger partial charge in [0.25, 0.3) is 0 Å². The Morgan fingerprint density at radius 2 is 1.92 bits per heavy atom. The number of rotatable bonds is 4. The van der Waals surface area contributed by atoms with Gasteiger partial charge < -0.3 is 14.4 Å². The van der Waals surface area contributed by atoms with Crippen molar-refractivity contribution >= 4 is 6.09 Å². The number of carbonyl (C=O) groups is 1. The standard InChI is InChI=1S/C21H31NO3/c1-21(2,3)25-20(23)22-12-7-8-16(11-13-22)15-24-19-14-18(19)17-9-5-4-6-10-17/h4-6,9-10,16,18-19H,7-8,11-15H2,1-3H3. The molecule has 1 aromatic carbocycles. The monoisotopic (exact) mass is 345 g/mol. The van der Waals surface area contributed by atoms with Crippen LogP contribution in [0.1, 0.15) is 57.9 Å². The Morgan fingerprint density at radius 3 is 2.64 bits per heavy atom. The highest BCUT2D eigenvalue weighted by atomic mass is 16.6. The third-order valence-corrected chi connectivity index (χ3v) is 5.00. The number of likely N-dealkylation sites (tertiary alicyclic amines) is 1. The molecule has 0 bridgehead atoms. The van der Waals surface area contributed by atoms with E-state index < -0.39 is 5.60 Å². The highest BCUT2D eigenvalue weighted by Gasteiger charge is 2.39. The van der Waals surface area contributed by atoms with Crippen molar-refractivity contribution in [1.29, 1.82) is 0 Å². The van der Waals surface area contributed by atoms with Crippen molar-refractivity contribution in [2.75, 3.05) is 19.7 Å². The molecule has 1 aromatic rings. The Hall–Kier alpha value is -1.55. The summed E-state index contributed by atoms with van der Waals surface area (Å²) in [6.07, 6.45) is 4.50. The van der Waals surface area contributed by atoms with Crippen LogP contribution in [0.3, 0.4) is 0 Å². The molecule has 1 aliphatic heterocycles. The predicted octanol–water partition coefficient (Wildman–Crippen LogP) is 4.60. The molecule has 1 saturated heterocycles. The smallest absolute Gasteiger partial charge is 0.410 e. The maximum Gasteiger partial charge on any atom is 0.410 e. The van der Waals surface area contributed by atoms with Crippen molar-refractivity contribution in [2.45, 2.75) is 64.1 Å². The average molecular weight is 345 g/mol. The van der Waals surface area contributed by atoms with Crippen LogP contribution in [0.5, 0.6) is 0 Å². The molecule has 0 aromatic heterocycles. The van der Waals surface area contributed by atoms with Crippen LogP contribution >= 0.6 is 0 Å². The number of amides is 1. The molecule has 138 valence electrons. The van der Waals surface area contributed by atoms with E-state index >= 15 is 0 Å². The van der Waals surface area contributed by atoms with E-state index in [-0.39, 0.29) is 6.09 Å². The molecule has 1 amide bonds. The fourth-order valence-corrected chi connectivity index (χ4v) is 3.51. The van der Waals surface area contributed by atoms with Crippen molar-refractivity contribution in [1.82, 2.24) is 4.90 Å². The number of hydrogen-bond acceptors (Lipinski definition) is 3. The van der Waals surface area contributed by atoms with Gasteiger partial charge in [-0.15, -0.1) is 0 Å². The van der Waals surface area contributed by atoms with E-state index in [4.69, 9.17) is 9.47 Å². The Morgan fingerprint density at radius 1 is 1.16 bits per heavy atom. The van der Waals surface area contributed by atoms with Crippen molar-refractivity contribution in [3.63, 3.8) is 0 Å². The molecule has 3 atom stereocenters. The van der Waals surface area contributed by atoms with E-state index in [1.165, 1.54) is 5.56 Å². The highest BCUT2D eigenvalue weighted by Crippen LogP contribution is 2.43. The lowest BCUT2D eigenvalue weighted by Gasteiger charge is -2.26. The zero-order valence-electron chi connectivity index (χ0n) is 15.7. The lowest BCUT2D eigenvalue weighted by Crippen LogP contribution is -2.37. The minimum Gasteiger partial charge on any atom is -0.444 e. The second kappa shape index (κ2) is 7.77. The summed E-state index contributed by atoms with van der Waals surface area (Å²) >= 11 is 0. The number of hydrogen-bond donors (Lipinski definition) is 0. The van der Waals surface area contributed by atoms with E-state index in [0.717, 1.165) is 45.4 Å². The van der Waals surface area contributed by atoms with Crippen LogP contribution in [0.15, 0.2) is 30.3 Å². The van der Waals surface area contributed by atoms with Gasteiger partial charge in [0.2, 0.25) is 0 Å². The molecular formula is C21H31NO3. The zero-order chi connectivity index (χ0) is 17.9. The van der Waals surface area contributed by atoms with Crippen molar-refractivity contribution in [3.8, 4) is 0 Å². The molecule has 3 unspecified atom stereocenters. The van der Waals surface area contributed by atoms with Crippen LogP contribution in [-0.4, -0.2) is 42.4 Å². The zero-order valence-corrected chi connectivity index (χ0v) is 15.7. The maximum atomic E-state index is 12.2. The fraction of sp³-hybridized carbons (Fsp3) is 0.667. The van der Waals surface area contributed by atoms with Gasteiger partial charge in [-0.05, 0) is 57.9 Å². The second-order valence-corrected chi connectivity index (χ2v) is 8.39. The molecule has 2 fully saturated rings. The minimum atomic E-state index is -0.426. The number of nitrogens with zero attached hydrogens (tertiary/aromatic N) is 1. The predicted molar refractivity (Wildman–Crippen MR) is 98.7 cm³/mol.